The van der Waals surface area contributed by atoms with Crippen LogP contribution in [0.4, 0.5) is 5.82 Å². The fourth-order valence-corrected chi connectivity index (χ4v) is 5.23. The zero-order chi connectivity index (χ0) is 16.4. The van der Waals surface area contributed by atoms with Crippen molar-refractivity contribution < 1.29 is 14.1 Å². The molecular weight excluding hydrogens is 304 g/mol. The van der Waals surface area contributed by atoms with Crippen LogP contribution in [0.15, 0.2) is 40.9 Å². The van der Waals surface area contributed by atoms with E-state index in [0.29, 0.717) is 23.4 Å². The maximum absolute atomic E-state index is 13.0. The summed E-state index contributed by atoms with van der Waals surface area (Å²) < 4.78 is 5.06. The highest BCUT2D eigenvalue weighted by atomic mass is 16.5. The number of nitrogens with zero attached hydrogens (tertiary/aromatic N) is 2. The lowest BCUT2D eigenvalue weighted by atomic mass is 9.73. The van der Waals surface area contributed by atoms with E-state index in [1.807, 2.05) is 18.2 Å². The van der Waals surface area contributed by atoms with Gasteiger partial charge in [-0.2, -0.15) is 0 Å². The van der Waals surface area contributed by atoms with E-state index in [2.05, 4.69) is 17.3 Å². The Kier molecular flexibility index (Phi) is 2.78. The van der Waals surface area contributed by atoms with Gasteiger partial charge in [-0.3, -0.25) is 9.59 Å². The third kappa shape index (κ3) is 1.72. The van der Waals surface area contributed by atoms with Gasteiger partial charge in [0.15, 0.2) is 5.82 Å². The number of carbonyl (C=O) groups excluding carboxylic acids is 2. The zero-order valence-electron chi connectivity index (χ0n) is 13.4. The van der Waals surface area contributed by atoms with Gasteiger partial charge in [0, 0.05) is 6.07 Å². The number of fused-ring (bicyclic) bond motifs is 5. The lowest BCUT2D eigenvalue weighted by molar-refractivity contribution is -0.123. The summed E-state index contributed by atoms with van der Waals surface area (Å²) in [6.45, 7) is 1.76. The Morgan fingerprint density at radius 3 is 2.54 bits per heavy atom. The minimum Gasteiger partial charge on any atom is -0.360 e. The Morgan fingerprint density at radius 1 is 1.08 bits per heavy atom. The number of imide groups is 1. The minimum absolute atomic E-state index is 0.0858. The van der Waals surface area contributed by atoms with Crippen molar-refractivity contribution >= 4 is 17.6 Å². The summed E-state index contributed by atoms with van der Waals surface area (Å²) in [4.78, 5) is 27.1. The van der Waals surface area contributed by atoms with Gasteiger partial charge in [0.25, 0.3) is 0 Å². The molecule has 1 aromatic carbocycles. The molecule has 0 unspecified atom stereocenters. The van der Waals surface area contributed by atoms with E-state index < -0.39 is 0 Å². The van der Waals surface area contributed by atoms with Gasteiger partial charge in [0.05, 0.1) is 11.8 Å². The summed E-state index contributed by atoms with van der Waals surface area (Å²) in [5.74, 6) is 1.35. The maximum Gasteiger partial charge on any atom is 0.239 e. The number of amides is 2. The predicted molar refractivity (Wildman–Crippen MR) is 86.1 cm³/mol. The molecule has 2 aromatic rings. The van der Waals surface area contributed by atoms with Crippen LogP contribution in [0, 0.1) is 30.6 Å². The fraction of sp³-hybridized carbons (Fsp3) is 0.421. The Morgan fingerprint density at radius 2 is 1.83 bits per heavy atom. The highest BCUT2D eigenvalue weighted by Crippen LogP contribution is 2.61. The average Bonchev–Trinajstić information content (AvgIpc) is 3.32. The quantitative estimate of drug-likeness (QED) is 0.798. The molecule has 5 heteroatoms. The first-order valence-corrected chi connectivity index (χ1v) is 8.51. The Balaban J connectivity index is 1.50. The van der Waals surface area contributed by atoms with Gasteiger partial charge in [0.2, 0.25) is 11.8 Å². The monoisotopic (exact) mass is 322 g/mol. The molecule has 5 nitrogen and oxygen atoms in total. The molecule has 1 aliphatic heterocycles. The fourth-order valence-electron chi connectivity index (χ4n) is 5.23. The van der Waals surface area contributed by atoms with E-state index in [0.717, 1.165) is 12.8 Å². The Bertz CT molecular complexity index is 828. The van der Waals surface area contributed by atoms with Crippen molar-refractivity contribution in [3.05, 3.63) is 47.7 Å². The number of hydrogen-bond donors (Lipinski definition) is 0. The third-order valence-electron chi connectivity index (χ3n) is 6.09. The first-order chi connectivity index (χ1) is 11.6. The number of hydrogen-bond acceptors (Lipinski definition) is 4. The van der Waals surface area contributed by atoms with E-state index in [1.54, 1.807) is 13.0 Å². The summed E-state index contributed by atoms with van der Waals surface area (Å²) >= 11 is 0. The first kappa shape index (κ1) is 14.0. The van der Waals surface area contributed by atoms with Gasteiger partial charge in [-0.25, -0.2) is 4.90 Å². The number of carbonyl (C=O) groups is 2. The van der Waals surface area contributed by atoms with Gasteiger partial charge >= 0.3 is 0 Å². The van der Waals surface area contributed by atoms with Crippen LogP contribution in [-0.4, -0.2) is 17.0 Å². The van der Waals surface area contributed by atoms with Crippen molar-refractivity contribution in [1.29, 1.82) is 0 Å². The smallest absolute Gasteiger partial charge is 0.239 e. The number of benzene rings is 1. The highest BCUT2D eigenvalue weighted by molar-refractivity contribution is 6.22. The zero-order valence-corrected chi connectivity index (χ0v) is 13.4. The molecule has 5 atom stereocenters. The molecule has 2 saturated carbocycles. The largest absolute Gasteiger partial charge is 0.360 e. The molecule has 2 bridgehead atoms. The van der Waals surface area contributed by atoms with Crippen LogP contribution < -0.4 is 4.90 Å². The minimum atomic E-state index is -0.196. The second-order valence-electron chi connectivity index (χ2n) is 7.27. The number of aromatic nitrogens is 1. The molecule has 1 aromatic heterocycles. The van der Waals surface area contributed by atoms with Gasteiger partial charge in [-0.15, -0.1) is 0 Å². The first-order valence-electron chi connectivity index (χ1n) is 8.51. The molecule has 122 valence electrons. The molecule has 3 aliphatic rings. The molecule has 0 radical (unpaired) electrons. The van der Waals surface area contributed by atoms with Crippen molar-refractivity contribution in [2.45, 2.75) is 25.7 Å². The van der Waals surface area contributed by atoms with Gasteiger partial charge < -0.3 is 4.52 Å². The van der Waals surface area contributed by atoms with Crippen LogP contribution in [-0.2, 0) is 9.59 Å². The van der Waals surface area contributed by atoms with E-state index in [4.69, 9.17) is 4.52 Å². The van der Waals surface area contributed by atoms with Gasteiger partial charge in [0.1, 0.15) is 5.76 Å². The molecule has 2 heterocycles. The third-order valence-corrected chi connectivity index (χ3v) is 6.09. The molecule has 0 N–H and O–H groups in total. The number of anilines is 1. The van der Waals surface area contributed by atoms with Crippen molar-refractivity contribution in [2.75, 3.05) is 4.90 Å². The van der Waals surface area contributed by atoms with Crippen molar-refractivity contribution in [3.8, 4) is 0 Å². The molecule has 3 fully saturated rings. The second kappa shape index (κ2) is 4.79. The van der Waals surface area contributed by atoms with E-state index >= 15 is 0 Å². The lowest BCUT2D eigenvalue weighted by Crippen LogP contribution is -2.33. The molecule has 1 saturated heterocycles. The van der Waals surface area contributed by atoms with Crippen LogP contribution >= 0.6 is 0 Å². The molecule has 0 spiro atoms. The SMILES string of the molecule is Cc1cc(N2C(=O)[C@H]3[C@H]4C[C@@H]([C@@H]3C2=O)[C@@H](c2ccccc2)C4)no1. The summed E-state index contributed by atoms with van der Waals surface area (Å²) in [6, 6.07) is 12.0. The number of rotatable bonds is 2. The van der Waals surface area contributed by atoms with Crippen LogP contribution in [0.5, 0.6) is 0 Å². The summed E-state index contributed by atoms with van der Waals surface area (Å²) in [7, 11) is 0. The van der Waals surface area contributed by atoms with Gasteiger partial charge in [-0.1, -0.05) is 35.5 Å². The van der Waals surface area contributed by atoms with E-state index in [9.17, 15) is 9.59 Å². The van der Waals surface area contributed by atoms with E-state index in [1.165, 1.54) is 10.5 Å². The predicted octanol–water partition coefficient (Wildman–Crippen LogP) is 2.91. The average molecular weight is 322 g/mol. The van der Waals surface area contributed by atoms with Crippen LogP contribution in [0.1, 0.15) is 30.1 Å². The van der Waals surface area contributed by atoms with E-state index in [-0.39, 0.29) is 29.6 Å². The van der Waals surface area contributed by atoms with Crippen molar-refractivity contribution in [2.24, 2.45) is 23.7 Å². The Hall–Kier alpha value is -2.43. The van der Waals surface area contributed by atoms with Crippen LogP contribution in [0.3, 0.4) is 0 Å². The molecule has 5 rings (SSSR count). The summed E-state index contributed by atoms with van der Waals surface area (Å²) in [5.41, 5.74) is 1.29. The molecule has 2 aliphatic carbocycles. The van der Waals surface area contributed by atoms with Gasteiger partial charge in [-0.05, 0) is 43.1 Å². The maximum atomic E-state index is 13.0. The second-order valence-corrected chi connectivity index (χ2v) is 7.27. The van der Waals surface area contributed by atoms with Crippen molar-refractivity contribution in [1.82, 2.24) is 5.16 Å². The number of aryl methyl sites for hydroxylation is 1. The normalized spacial score (nSPS) is 34.2. The summed E-state index contributed by atoms with van der Waals surface area (Å²) in [5, 5.41) is 3.88. The van der Waals surface area contributed by atoms with Crippen molar-refractivity contribution in [3.63, 3.8) is 0 Å². The Labute approximate surface area is 139 Å². The van der Waals surface area contributed by atoms with Crippen LogP contribution in [0.2, 0.25) is 0 Å². The lowest BCUT2D eigenvalue weighted by Gasteiger charge is -2.28. The standard InChI is InChI=1S/C19H18N2O3/c1-10-7-15(20-24-10)21-18(22)16-12-8-13(11-5-3-2-4-6-11)14(9-12)17(16)19(21)23/h2-7,12-14,16-17H,8-9H2,1H3/t12-,13-,14-,16+,17+/m1/s1. The summed E-state index contributed by atoms with van der Waals surface area (Å²) in [6.07, 6.45) is 1.98. The molecular formula is C19H18N2O3. The highest BCUT2D eigenvalue weighted by Gasteiger charge is 2.64. The molecule has 24 heavy (non-hydrogen) atoms. The topological polar surface area (TPSA) is 63.4 Å². The molecule has 2 amide bonds. The van der Waals surface area contributed by atoms with Crippen LogP contribution in [0.25, 0.3) is 0 Å².